The van der Waals surface area contributed by atoms with Crippen molar-refractivity contribution in [2.24, 2.45) is 5.92 Å². The van der Waals surface area contributed by atoms with E-state index in [1.165, 1.54) is 32.2 Å². The smallest absolute Gasteiger partial charge is 0.338 e. The molecule has 9 heteroatoms. The number of amides is 1. The van der Waals surface area contributed by atoms with E-state index in [1.54, 1.807) is 6.92 Å². The Kier molecular flexibility index (Phi) is 7.70. The molecule has 1 aromatic rings. The van der Waals surface area contributed by atoms with E-state index in [2.05, 4.69) is 10.1 Å². The number of aryl methyl sites for hydroxylation is 1. The van der Waals surface area contributed by atoms with Gasteiger partial charge in [-0.3, -0.25) is 14.9 Å². The summed E-state index contributed by atoms with van der Waals surface area (Å²) < 4.78 is 9.56. The highest BCUT2D eigenvalue weighted by molar-refractivity contribution is 5.92. The second kappa shape index (κ2) is 9.50. The lowest BCUT2D eigenvalue weighted by molar-refractivity contribution is -0.385. The number of nitro groups is 1. The monoisotopic (exact) mass is 366 g/mol. The van der Waals surface area contributed by atoms with Gasteiger partial charge in [-0.1, -0.05) is 20.3 Å². The third-order valence-corrected chi connectivity index (χ3v) is 3.95. The van der Waals surface area contributed by atoms with Crippen LogP contribution in [0.2, 0.25) is 0 Å². The molecule has 0 aliphatic rings. The number of carbonyl (C=O) groups is 3. The third kappa shape index (κ3) is 5.54. The second-order valence-electron chi connectivity index (χ2n) is 5.79. The van der Waals surface area contributed by atoms with Crippen molar-refractivity contribution < 1.29 is 28.8 Å². The molecule has 26 heavy (non-hydrogen) atoms. The van der Waals surface area contributed by atoms with Gasteiger partial charge in [0.1, 0.15) is 6.04 Å². The molecule has 0 aliphatic carbocycles. The zero-order valence-electron chi connectivity index (χ0n) is 15.1. The zero-order valence-corrected chi connectivity index (χ0v) is 15.1. The Bertz CT molecular complexity index is 702. The maximum absolute atomic E-state index is 12.0. The molecular formula is C17H22N2O7. The van der Waals surface area contributed by atoms with Gasteiger partial charge >= 0.3 is 11.9 Å². The Labute approximate surface area is 150 Å². The molecule has 0 saturated carbocycles. The SMILES string of the molecule is CC[C@H](C)[C@H](NC(=O)COC(=O)c1ccc([N+](=O)[O-])c(C)c1)C(=O)OC. The van der Waals surface area contributed by atoms with Crippen LogP contribution >= 0.6 is 0 Å². The molecule has 0 fully saturated rings. The van der Waals surface area contributed by atoms with Gasteiger partial charge in [-0.25, -0.2) is 9.59 Å². The Morgan fingerprint density at radius 3 is 2.46 bits per heavy atom. The van der Waals surface area contributed by atoms with Crippen molar-refractivity contribution >= 4 is 23.5 Å². The zero-order chi connectivity index (χ0) is 19.9. The minimum Gasteiger partial charge on any atom is -0.467 e. The quantitative estimate of drug-likeness (QED) is 0.422. The van der Waals surface area contributed by atoms with Crippen molar-refractivity contribution in [1.29, 1.82) is 0 Å². The summed E-state index contributed by atoms with van der Waals surface area (Å²) in [7, 11) is 1.22. The maximum Gasteiger partial charge on any atom is 0.338 e. The fourth-order valence-corrected chi connectivity index (χ4v) is 2.21. The number of carbonyl (C=O) groups excluding carboxylic acids is 3. The predicted octanol–water partition coefficient (Wildman–Crippen LogP) is 1.76. The fraction of sp³-hybridized carbons (Fsp3) is 0.471. The first kappa shape index (κ1) is 21.1. The first-order chi connectivity index (χ1) is 12.2. The van der Waals surface area contributed by atoms with E-state index in [1.807, 2.05) is 6.92 Å². The Hall–Kier alpha value is -2.97. The van der Waals surface area contributed by atoms with Crippen LogP contribution < -0.4 is 5.32 Å². The Morgan fingerprint density at radius 1 is 1.31 bits per heavy atom. The average molecular weight is 366 g/mol. The van der Waals surface area contributed by atoms with E-state index in [4.69, 9.17) is 4.74 Å². The van der Waals surface area contributed by atoms with Gasteiger partial charge in [0.2, 0.25) is 0 Å². The van der Waals surface area contributed by atoms with Gasteiger partial charge in [-0.05, 0) is 25.0 Å². The molecule has 1 rings (SSSR count). The summed E-state index contributed by atoms with van der Waals surface area (Å²) in [6.07, 6.45) is 0.641. The van der Waals surface area contributed by atoms with Gasteiger partial charge in [-0.15, -0.1) is 0 Å². The fourth-order valence-electron chi connectivity index (χ4n) is 2.21. The van der Waals surface area contributed by atoms with Crippen LogP contribution in [0.25, 0.3) is 0 Å². The number of rotatable bonds is 8. The highest BCUT2D eigenvalue weighted by Gasteiger charge is 2.27. The van der Waals surface area contributed by atoms with Crippen LogP contribution in [0.15, 0.2) is 18.2 Å². The number of ether oxygens (including phenoxy) is 2. The molecule has 0 radical (unpaired) electrons. The largest absolute Gasteiger partial charge is 0.467 e. The van der Waals surface area contributed by atoms with Crippen LogP contribution in [0.4, 0.5) is 5.69 Å². The van der Waals surface area contributed by atoms with Crippen LogP contribution in [-0.2, 0) is 19.1 Å². The molecule has 142 valence electrons. The molecule has 0 saturated heterocycles. The topological polar surface area (TPSA) is 125 Å². The molecule has 1 N–H and O–H groups in total. The lowest BCUT2D eigenvalue weighted by Crippen LogP contribution is -2.47. The van der Waals surface area contributed by atoms with Gasteiger partial charge in [0.15, 0.2) is 6.61 Å². The van der Waals surface area contributed by atoms with Crippen molar-refractivity contribution in [3.63, 3.8) is 0 Å². The molecule has 0 aromatic heterocycles. The summed E-state index contributed by atoms with van der Waals surface area (Å²) in [5, 5.41) is 13.3. The summed E-state index contributed by atoms with van der Waals surface area (Å²) in [5.74, 6) is -2.17. The first-order valence-electron chi connectivity index (χ1n) is 8.00. The summed E-state index contributed by atoms with van der Waals surface area (Å²) in [5.41, 5.74) is 0.275. The summed E-state index contributed by atoms with van der Waals surface area (Å²) >= 11 is 0. The summed E-state index contributed by atoms with van der Waals surface area (Å²) in [4.78, 5) is 45.9. The van der Waals surface area contributed by atoms with Crippen LogP contribution in [0.5, 0.6) is 0 Å². The van der Waals surface area contributed by atoms with E-state index in [-0.39, 0.29) is 17.2 Å². The minimum atomic E-state index is -0.835. The second-order valence-corrected chi connectivity index (χ2v) is 5.79. The Morgan fingerprint density at radius 2 is 1.96 bits per heavy atom. The van der Waals surface area contributed by atoms with E-state index in [0.717, 1.165) is 0 Å². The van der Waals surface area contributed by atoms with Crippen LogP contribution in [0.3, 0.4) is 0 Å². The van der Waals surface area contributed by atoms with Crippen molar-refractivity contribution in [2.75, 3.05) is 13.7 Å². The molecule has 0 bridgehead atoms. The molecule has 0 spiro atoms. The van der Waals surface area contributed by atoms with Crippen molar-refractivity contribution in [2.45, 2.75) is 33.2 Å². The van der Waals surface area contributed by atoms with Gasteiger partial charge < -0.3 is 14.8 Å². The molecular weight excluding hydrogens is 344 g/mol. The highest BCUT2D eigenvalue weighted by Crippen LogP contribution is 2.19. The van der Waals surface area contributed by atoms with Gasteiger partial charge in [0.25, 0.3) is 11.6 Å². The van der Waals surface area contributed by atoms with Crippen molar-refractivity contribution in [3.8, 4) is 0 Å². The van der Waals surface area contributed by atoms with Crippen LogP contribution in [-0.4, -0.2) is 42.5 Å². The molecule has 9 nitrogen and oxygen atoms in total. The molecule has 1 aromatic carbocycles. The van der Waals surface area contributed by atoms with Gasteiger partial charge in [0.05, 0.1) is 17.6 Å². The van der Waals surface area contributed by atoms with E-state index >= 15 is 0 Å². The molecule has 2 atom stereocenters. The lowest BCUT2D eigenvalue weighted by Gasteiger charge is -2.21. The van der Waals surface area contributed by atoms with E-state index in [9.17, 15) is 24.5 Å². The molecule has 0 heterocycles. The number of nitrogens with zero attached hydrogens (tertiary/aromatic N) is 1. The average Bonchev–Trinajstić information content (AvgIpc) is 2.62. The number of nitro benzene ring substituents is 1. The normalized spacial score (nSPS) is 12.6. The summed E-state index contributed by atoms with van der Waals surface area (Å²) in [6, 6.07) is 2.93. The molecule has 0 aliphatic heterocycles. The predicted molar refractivity (Wildman–Crippen MR) is 91.5 cm³/mol. The third-order valence-electron chi connectivity index (χ3n) is 3.95. The van der Waals surface area contributed by atoms with E-state index < -0.39 is 35.4 Å². The minimum absolute atomic E-state index is 0.0901. The van der Waals surface area contributed by atoms with Gasteiger partial charge in [-0.2, -0.15) is 0 Å². The van der Waals surface area contributed by atoms with Crippen molar-refractivity contribution in [3.05, 3.63) is 39.4 Å². The van der Waals surface area contributed by atoms with Crippen LogP contribution in [0.1, 0.15) is 36.2 Å². The Balaban J connectivity index is 2.68. The number of benzene rings is 1. The van der Waals surface area contributed by atoms with Crippen LogP contribution in [0, 0.1) is 23.0 Å². The lowest BCUT2D eigenvalue weighted by atomic mass is 9.99. The number of esters is 2. The number of hydrogen-bond acceptors (Lipinski definition) is 7. The number of nitrogens with one attached hydrogen (secondary N) is 1. The van der Waals surface area contributed by atoms with E-state index in [0.29, 0.717) is 12.0 Å². The number of hydrogen-bond donors (Lipinski definition) is 1. The standard InChI is InChI=1S/C17H22N2O7/c1-5-10(2)15(17(22)25-4)18-14(20)9-26-16(21)12-6-7-13(19(23)24)11(3)8-12/h6-8,10,15H,5,9H2,1-4H3,(H,18,20)/t10-,15-/m0/s1. The maximum atomic E-state index is 12.0. The molecule has 0 unspecified atom stereocenters. The van der Waals surface area contributed by atoms with Crippen molar-refractivity contribution in [1.82, 2.24) is 5.32 Å². The number of methoxy groups -OCH3 is 1. The first-order valence-corrected chi connectivity index (χ1v) is 8.00. The highest BCUT2D eigenvalue weighted by atomic mass is 16.6. The van der Waals surface area contributed by atoms with Gasteiger partial charge in [0, 0.05) is 11.6 Å². The summed E-state index contributed by atoms with van der Waals surface area (Å²) in [6.45, 7) is 4.56. The molecule has 1 amide bonds.